The predicted molar refractivity (Wildman–Crippen MR) is 147 cm³/mol. The lowest BCUT2D eigenvalue weighted by Gasteiger charge is -2.34. The van der Waals surface area contributed by atoms with Crippen molar-refractivity contribution in [3.05, 3.63) is 53.6 Å². The Bertz CT molecular complexity index is 1240. The fourth-order valence-corrected chi connectivity index (χ4v) is 6.38. The Labute approximate surface area is 228 Å². The number of rotatable bonds is 7. The Kier molecular flexibility index (Phi) is 8.06. The van der Waals surface area contributed by atoms with Crippen LogP contribution in [-0.4, -0.2) is 72.9 Å². The third kappa shape index (κ3) is 6.25. The number of benzene rings is 1. The molecule has 3 aromatic rings. The highest BCUT2D eigenvalue weighted by Gasteiger charge is 2.27. The van der Waals surface area contributed by atoms with Gasteiger partial charge in [-0.25, -0.2) is 9.37 Å². The summed E-state index contributed by atoms with van der Waals surface area (Å²) < 4.78 is 24.3. The van der Waals surface area contributed by atoms with Crippen LogP contribution in [0.5, 0.6) is 0 Å². The van der Waals surface area contributed by atoms with E-state index in [1.165, 1.54) is 18.6 Å². The molecule has 0 spiro atoms. The minimum absolute atomic E-state index is 0.0210. The van der Waals surface area contributed by atoms with E-state index in [2.05, 4.69) is 25.3 Å². The summed E-state index contributed by atoms with van der Waals surface area (Å²) >= 11 is 0. The number of halogens is 1. The Morgan fingerprint density at radius 3 is 2.54 bits per heavy atom. The average molecular weight is 536 g/mol. The molecule has 2 aliphatic heterocycles. The van der Waals surface area contributed by atoms with Crippen LogP contribution in [-0.2, 0) is 4.74 Å². The summed E-state index contributed by atoms with van der Waals surface area (Å²) in [5.41, 5.74) is 2.15. The SMILES string of the molecule is O=C(N[C@H]1CC[C@H](CCN2CCC(c3noc4cc(F)ccc34)CC2)CC1)c1ccc(N2CCOCC2)nc1. The van der Waals surface area contributed by atoms with Crippen LogP contribution in [0.1, 0.15) is 66.9 Å². The third-order valence-electron chi connectivity index (χ3n) is 8.82. The van der Waals surface area contributed by atoms with E-state index in [4.69, 9.17) is 9.26 Å². The number of piperidine rings is 1. The monoisotopic (exact) mass is 535 g/mol. The van der Waals surface area contributed by atoms with Crippen LogP contribution in [0.4, 0.5) is 10.2 Å². The molecule has 1 saturated carbocycles. The van der Waals surface area contributed by atoms with E-state index in [9.17, 15) is 9.18 Å². The Hall–Kier alpha value is -3.04. The van der Waals surface area contributed by atoms with E-state index in [-0.39, 0.29) is 17.8 Å². The number of morpholine rings is 1. The van der Waals surface area contributed by atoms with E-state index in [1.54, 1.807) is 12.3 Å². The summed E-state index contributed by atoms with van der Waals surface area (Å²) in [6.07, 6.45) is 9.42. The zero-order valence-electron chi connectivity index (χ0n) is 22.5. The smallest absolute Gasteiger partial charge is 0.253 e. The number of anilines is 1. The first-order valence-corrected chi connectivity index (χ1v) is 14.5. The summed E-state index contributed by atoms with van der Waals surface area (Å²) in [6.45, 7) is 6.36. The molecule has 0 unspecified atom stereocenters. The molecule has 2 aromatic heterocycles. The van der Waals surface area contributed by atoms with Crippen molar-refractivity contribution in [2.75, 3.05) is 50.8 Å². The zero-order chi connectivity index (χ0) is 26.6. The summed E-state index contributed by atoms with van der Waals surface area (Å²) in [5.74, 6) is 1.69. The number of nitrogens with zero attached hydrogens (tertiary/aromatic N) is 4. The van der Waals surface area contributed by atoms with Crippen molar-refractivity contribution in [1.29, 1.82) is 0 Å². The molecule has 9 heteroatoms. The molecule has 6 rings (SSSR count). The van der Waals surface area contributed by atoms with Gasteiger partial charge in [-0.3, -0.25) is 4.79 Å². The van der Waals surface area contributed by atoms with Gasteiger partial charge in [0, 0.05) is 42.7 Å². The van der Waals surface area contributed by atoms with Crippen LogP contribution in [0.3, 0.4) is 0 Å². The first kappa shape index (κ1) is 26.2. The van der Waals surface area contributed by atoms with E-state index in [0.717, 1.165) is 107 Å². The molecule has 1 aromatic carbocycles. The van der Waals surface area contributed by atoms with Gasteiger partial charge in [-0.1, -0.05) is 5.16 Å². The molecule has 3 aliphatic rings. The van der Waals surface area contributed by atoms with Crippen LogP contribution in [0.2, 0.25) is 0 Å². The van der Waals surface area contributed by atoms with Gasteiger partial charge in [-0.15, -0.1) is 0 Å². The lowest BCUT2D eigenvalue weighted by molar-refractivity contribution is 0.0918. The first-order chi connectivity index (χ1) is 19.1. The molecule has 208 valence electrons. The van der Waals surface area contributed by atoms with Gasteiger partial charge in [0.25, 0.3) is 5.91 Å². The number of carbonyl (C=O) groups is 1. The number of carbonyl (C=O) groups excluding carboxylic acids is 1. The van der Waals surface area contributed by atoms with Crippen molar-refractivity contribution in [3.8, 4) is 0 Å². The maximum absolute atomic E-state index is 13.5. The Morgan fingerprint density at radius 1 is 1.00 bits per heavy atom. The van der Waals surface area contributed by atoms with E-state index in [1.807, 2.05) is 12.1 Å². The van der Waals surface area contributed by atoms with Crippen LogP contribution < -0.4 is 10.2 Å². The normalized spacial score (nSPS) is 23.3. The molecule has 1 N–H and O–H groups in total. The summed E-state index contributed by atoms with van der Waals surface area (Å²) in [4.78, 5) is 22.1. The lowest BCUT2D eigenvalue weighted by atomic mass is 9.83. The summed E-state index contributed by atoms with van der Waals surface area (Å²) in [5, 5.41) is 8.46. The number of hydrogen-bond donors (Lipinski definition) is 1. The van der Waals surface area contributed by atoms with E-state index in [0.29, 0.717) is 17.1 Å². The molecule has 1 amide bonds. The first-order valence-electron chi connectivity index (χ1n) is 14.5. The van der Waals surface area contributed by atoms with Crippen LogP contribution in [0, 0.1) is 11.7 Å². The Balaban J connectivity index is 0.903. The van der Waals surface area contributed by atoms with Crippen LogP contribution in [0.25, 0.3) is 11.0 Å². The molecule has 2 saturated heterocycles. The van der Waals surface area contributed by atoms with Crippen molar-refractivity contribution < 1.29 is 18.4 Å². The molecule has 0 atom stereocenters. The van der Waals surface area contributed by atoms with Gasteiger partial charge in [0.1, 0.15) is 11.6 Å². The molecular weight excluding hydrogens is 497 g/mol. The Morgan fingerprint density at radius 2 is 1.79 bits per heavy atom. The quantitative estimate of drug-likeness (QED) is 0.467. The van der Waals surface area contributed by atoms with Gasteiger partial charge in [-0.05, 0) is 94.8 Å². The number of likely N-dealkylation sites (tertiary alicyclic amines) is 1. The summed E-state index contributed by atoms with van der Waals surface area (Å²) in [7, 11) is 0. The lowest BCUT2D eigenvalue weighted by Crippen LogP contribution is -2.39. The highest BCUT2D eigenvalue weighted by molar-refractivity contribution is 5.94. The molecule has 3 fully saturated rings. The van der Waals surface area contributed by atoms with Crippen molar-refractivity contribution in [2.45, 2.75) is 56.9 Å². The van der Waals surface area contributed by atoms with Crippen molar-refractivity contribution in [1.82, 2.24) is 20.4 Å². The number of hydrogen-bond acceptors (Lipinski definition) is 7. The third-order valence-corrected chi connectivity index (χ3v) is 8.82. The topological polar surface area (TPSA) is 83.7 Å². The van der Waals surface area contributed by atoms with Gasteiger partial charge in [0.05, 0.1) is 24.5 Å². The van der Waals surface area contributed by atoms with Crippen molar-refractivity contribution in [2.24, 2.45) is 5.92 Å². The van der Waals surface area contributed by atoms with Crippen molar-refractivity contribution in [3.63, 3.8) is 0 Å². The number of aromatic nitrogens is 2. The second-order valence-electron chi connectivity index (χ2n) is 11.3. The number of pyridine rings is 1. The number of ether oxygens (including phenoxy) is 1. The molecule has 0 bridgehead atoms. The molecule has 1 aliphatic carbocycles. The van der Waals surface area contributed by atoms with Gasteiger partial charge in [-0.2, -0.15) is 0 Å². The number of nitrogens with one attached hydrogen (secondary N) is 1. The van der Waals surface area contributed by atoms with E-state index >= 15 is 0 Å². The van der Waals surface area contributed by atoms with Gasteiger partial charge in [0.15, 0.2) is 5.58 Å². The van der Waals surface area contributed by atoms with Crippen molar-refractivity contribution >= 4 is 22.7 Å². The average Bonchev–Trinajstić information content (AvgIpc) is 3.40. The highest BCUT2D eigenvalue weighted by atomic mass is 19.1. The second-order valence-corrected chi connectivity index (χ2v) is 11.3. The van der Waals surface area contributed by atoms with Gasteiger partial charge in [0.2, 0.25) is 0 Å². The molecule has 4 heterocycles. The van der Waals surface area contributed by atoms with Crippen LogP contribution >= 0.6 is 0 Å². The molecule has 8 nitrogen and oxygen atoms in total. The maximum atomic E-state index is 13.5. The number of fused-ring (bicyclic) bond motifs is 1. The van der Waals surface area contributed by atoms with E-state index < -0.39 is 0 Å². The zero-order valence-corrected chi connectivity index (χ0v) is 22.5. The maximum Gasteiger partial charge on any atom is 0.253 e. The van der Waals surface area contributed by atoms with Gasteiger partial charge < -0.3 is 24.4 Å². The largest absolute Gasteiger partial charge is 0.378 e. The molecule has 0 radical (unpaired) electrons. The standard InChI is InChI=1S/C30H38FN5O3/c31-24-4-7-26-27(19-24)39-34-29(26)22-10-13-35(14-11-22)12-9-21-1-5-25(6-2-21)33-30(37)23-3-8-28(32-20-23)36-15-17-38-18-16-36/h3-4,7-8,19-22,25H,1-2,5-6,9-18H2,(H,33,37)/t21-,25-. The molecule has 39 heavy (non-hydrogen) atoms. The second kappa shape index (κ2) is 12.0. The predicted octanol–water partition coefficient (Wildman–Crippen LogP) is 4.76. The van der Waals surface area contributed by atoms with Gasteiger partial charge >= 0.3 is 0 Å². The van der Waals surface area contributed by atoms with Crippen LogP contribution in [0.15, 0.2) is 41.1 Å². The fourth-order valence-electron chi connectivity index (χ4n) is 6.38. The molecular formula is C30H38FN5O3. The summed E-state index contributed by atoms with van der Waals surface area (Å²) in [6, 6.07) is 8.76. The minimum Gasteiger partial charge on any atom is -0.378 e. The minimum atomic E-state index is -0.289. The highest BCUT2D eigenvalue weighted by Crippen LogP contribution is 2.33. The number of amides is 1. The fraction of sp³-hybridized carbons (Fsp3) is 0.567.